The molecule has 1 aliphatic heterocycles. The highest BCUT2D eigenvalue weighted by Crippen LogP contribution is 2.53. The van der Waals surface area contributed by atoms with Crippen molar-refractivity contribution in [3.63, 3.8) is 0 Å². The number of phenols is 2. The number of benzene rings is 1. The molecule has 3 N–H and O–H groups in total. The first-order valence-corrected chi connectivity index (χ1v) is 12.4. The van der Waals surface area contributed by atoms with Gasteiger partial charge in [-0.2, -0.15) is 0 Å². The highest BCUT2D eigenvalue weighted by atomic mass is 16.6. The minimum Gasteiger partial charge on any atom is -0.504 e. The van der Waals surface area contributed by atoms with Crippen molar-refractivity contribution in [2.45, 2.75) is 84.4 Å². The molecule has 1 saturated carbocycles. The molecule has 1 aromatic carbocycles. The first-order valence-electron chi connectivity index (χ1n) is 12.4. The number of esters is 1. The molecule has 3 rings (SSSR count). The number of rotatable bonds is 7. The Morgan fingerprint density at radius 1 is 1.20 bits per heavy atom. The molecule has 0 spiro atoms. The summed E-state index contributed by atoms with van der Waals surface area (Å²) in [5.74, 6) is -1.23. The van der Waals surface area contributed by atoms with Crippen molar-refractivity contribution in [1.82, 2.24) is 10.2 Å². The van der Waals surface area contributed by atoms with Crippen LogP contribution in [0.5, 0.6) is 11.5 Å². The van der Waals surface area contributed by atoms with Crippen LogP contribution in [0, 0.1) is 11.3 Å². The quantitative estimate of drug-likeness (QED) is 0.307. The van der Waals surface area contributed by atoms with Gasteiger partial charge in [0.2, 0.25) is 11.8 Å². The molecule has 8 nitrogen and oxygen atoms in total. The van der Waals surface area contributed by atoms with Crippen molar-refractivity contribution in [3.05, 3.63) is 29.8 Å². The zero-order chi connectivity index (χ0) is 26.0. The maximum Gasteiger partial charge on any atom is 0.329 e. The Hall–Kier alpha value is -3.03. The van der Waals surface area contributed by atoms with E-state index in [1.165, 1.54) is 29.2 Å². The van der Waals surface area contributed by atoms with Crippen LogP contribution in [0.3, 0.4) is 0 Å². The van der Waals surface area contributed by atoms with E-state index in [9.17, 15) is 24.6 Å². The summed E-state index contributed by atoms with van der Waals surface area (Å²) in [6.45, 7) is 10.5. The molecule has 2 aliphatic rings. The molecule has 0 bridgehead atoms. The zero-order valence-corrected chi connectivity index (χ0v) is 21.3. The second kappa shape index (κ2) is 10.3. The van der Waals surface area contributed by atoms with Crippen molar-refractivity contribution >= 4 is 23.9 Å². The first kappa shape index (κ1) is 26.6. The SMILES string of the molecule is CCC1CCC(C)(OC(=O)[C@@H]2CCCN2C(=O)[C@H](C)NC(=O)/C=C/c2ccc(O)c(O)c2)C1(C)C. The molecule has 0 aromatic heterocycles. The second-order valence-corrected chi connectivity index (χ2v) is 10.5. The lowest BCUT2D eigenvalue weighted by atomic mass is 9.72. The Morgan fingerprint density at radius 2 is 1.91 bits per heavy atom. The summed E-state index contributed by atoms with van der Waals surface area (Å²) in [5.41, 5.74) is -0.201. The van der Waals surface area contributed by atoms with Gasteiger partial charge >= 0.3 is 5.97 Å². The lowest BCUT2D eigenvalue weighted by Gasteiger charge is -2.42. The summed E-state index contributed by atoms with van der Waals surface area (Å²) in [6, 6.07) is 2.72. The molecule has 1 aromatic rings. The van der Waals surface area contributed by atoms with E-state index in [1.807, 2.05) is 6.92 Å². The maximum atomic E-state index is 13.2. The summed E-state index contributed by atoms with van der Waals surface area (Å²) in [4.78, 5) is 40.2. The molecule has 1 aliphatic carbocycles. The van der Waals surface area contributed by atoms with Gasteiger partial charge in [-0.15, -0.1) is 0 Å². The lowest BCUT2D eigenvalue weighted by Crippen LogP contribution is -2.52. The van der Waals surface area contributed by atoms with E-state index in [1.54, 1.807) is 13.0 Å². The van der Waals surface area contributed by atoms with E-state index >= 15 is 0 Å². The fraction of sp³-hybridized carbons (Fsp3) is 0.593. The van der Waals surface area contributed by atoms with E-state index in [0.717, 1.165) is 19.3 Å². The van der Waals surface area contributed by atoms with Crippen molar-refractivity contribution < 1.29 is 29.3 Å². The number of amides is 2. The third kappa shape index (κ3) is 5.46. The number of carbonyl (C=O) groups is 3. The van der Waals surface area contributed by atoms with E-state index < -0.39 is 23.6 Å². The van der Waals surface area contributed by atoms with Crippen molar-refractivity contribution in [2.75, 3.05) is 6.54 Å². The standard InChI is InChI=1S/C27H38N2O6/c1-6-19-13-14-27(5,26(19,3)4)35-25(34)20-8-7-15-29(20)24(33)17(2)28-23(32)12-10-18-9-11-21(30)22(31)16-18/h9-12,16-17,19-20,30-31H,6-8,13-15H2,1-5H3,(H,28,32)/b12-10+/t17-,19?,20-,27?/m0/s1. The normalized spacial score (nSPS) is 26.6. The molecule has 8 heteroatoms. The van der Waals surface area contributed by atoms with Crippen molar-refractivity contribution in [2.24, 2.45) is 11.3 Å². The lowest BCUT2D eigenvalue weighted by molar-refractivity contribution is -0.176. The molecule has 2 fully saturated rings. The Labute approximate surface area is 207 Å². The molecule has 1 heterocycles. The number of nitrogens with one attached hydrogen (secondary N) is 1. The zero-order valence-electron chi connectivity index (χ0n) is 21.3. The van der Waals surface area contributed by atoms with Crippen LogP contribution in [0.2, 0.25) is 0 Å². The van der Waals surface area contributed by atoms with Crippen LogP contribution < -0.4 is 5.32 Å². The number of hydrogen-bond donors (Lipinski definition) is 3. The van der Waals surface area contributed by atoms with Gasteiger partial charge in [0.15, 0.2) is 11.5 Å². The number of phenolic OH excluding ortho intramolecular Hbond substituents is 2. The van der Waals surface area contributed by atoms with Gasteiger partial charge < -0.3 is 25.2 Å². The largest absolute Gasteiger partial charge is 0.504 e. The third-order valence-electron chi connectivity index (χ3n) is 8.14. The van der Waals surface area contributed by atoms with Crippen LogP contribution in [-0.2, 0) is 19.1 Å². The minimum atomic E-state index is -0.822. The van der Waals surface area contributed by atoms with Gasteiger partial charge in [0.05, 0.1) is 0 Å². The van der Waals surface area contributed by atoms with E-state index in [4.69, 9.17) is 4.74 Å². The van der Waals surface area contributed by atoms with Gasteiger partial charge in [0, 0.05) is 18.0 Å². The maximum absolute atomic E-state index is 13.2. The predicted molar refractivity (Wildman–Crippen MR) is 132 cm³/mol. The number of ether oxygens (including phenoxy) is 1. The molecule has 192 valence electrons. The molecule has 1 saturated heterocycles. The average Bonchev–Trinajstić information content (AvgIpc) is 3.37. The third-order valence-corrected chi connectivity index (χ3v) is 8.14. The number of aromatic hydroxyl groups is 2. The van der Waals surface area contributed by atoms with Gasteiger partial charge in [-0.3, -0.25) is 9.59 Å². The summed E-state index contributed by atoms with van der Waals surface area (Å²) < 4.78 is 6.11. The smallest absolute Gasteiger partial charge is 0.329 e. The number of likely N-dealkylation sites (tertiary alicyclic amines) is 1. The first-order chi connectivity index (χ1) is 16.4. The van der Waals surface area contributed by atoms with Crippen molar-refractivity contribution in [1.29, 1.82) is 0 Å². The molecule has 35 heavy (non-hydrogen) atoms. The van der Waals surface area contributed by atoms with Gasteiger partial charge in [0.1, 0.15) is 17.7 Å². The Kier molecular flexibility index (Phi) is 7.82. The van der Waals surface area contributed by atoms with Crippen molar-refractivity contribution in [3.8, 4) is 11.5 Å². The predicted octanol–water partition coefficient (Wildman–Crippen LogP) is 3.75. The van der Waals surface area contributed by atoms with Gasteiger partial charge in [-0.05, 0) is 69.2 Å². The molecule has 4 atom stereocenters. The van der Waals surface area contributed by atoms with Crippen LogP contribution >= 0.6 is 0 Å². The molecule has 0 radical (unpaired) electrons. The summed E-state index contributed by atoms with van der Waals surface area (Å²) in [5, 5.41) is 21.6. The summed E-state index contributed by atoms with van der Waals surface area (Å²) >= 11 is 0. The highest BCUT2D eigenvalue weighted by Gasteiger charge is 2.54. The van der Waals surface area contributed by atoms with Gasteiger partial charge in [-0.25, -0.2) is 4.79 Å². The van der Waals surface area contributed by atoms with E-state index in [0.29, 0.717) is 30.9 Å². The Bertz CT molecular complexity index is 1000. The Balaban J connectivity index is 1.61. The monoisotopic (exact) mass is 486 g/mol. The minimum absolute atomic E-state index is 0.146. The second-order valence-electron chi connectivity index (χ2n) is 10.5. The fourth-order valence-electron chi connectivity index (χ4n) is 5.42. The topological polar surface area (TPSA) is 116 Å². The average molecular weight is 487 g/mol. The Morgan fingerprint density at radius 3 is 2.54 bits per heavy atom. The highest BCUT2D eigenvalue weighted by molar-refractivity contribution is 5.96. The van der Waals surface area contributed by atoms with Crippen LogP contribution in [0.25, 0.3) is 6.08 Å². The van der Waals surface area contributed by atoms with Crippen LogP contribution in [0.15, 0.2) is 24.3 Å². The van der Waals surface area contributed by atoms with E-state index in [2.05, 4.69) is 26.1 Å². The number of nitrogens with zero attached hydrogens (tertiary/aromatic N) is 1. The molecule has 2 unspecified atom stereocenters. The van der Waals surface area contributed by atoms with Crippen LogP contribution in [0.1, 0.15) is 72.3 Å². The fourth-order valence-corrected chi connectivity index (χ4v) is 5.42. The molecule has 2 amide bonds. The number of hydrogen-bond acceptors (Lipinski definition) is 6. The summed E-state index contributed by atoms with van der Waals surface area (Å²) in [7, 11) is 0. The van der Waals surface area contributed by atoms with Crippen LogP contribution in [0.4, 0.5) is 0 Å². The number of carbonyl (C=O) groups excluding carboxylic acids is 3. The van der Waals surface area contributed by atoms with Crippen LogP contribution in [-0.4, -0.2) is 57.1 Å². The van der Waals surface area contributed by atoms with E-state index in [-0.39, 0.29) is 28.8 Å². The molecular weight excluding hydrogens is 448 g/mol. The molecular formula is C27H38N2O6. The van der Waals surface area contributed by atoms with Gasteiger partial charge in [0.25, 0.3) is 0 Å². The summed E-state index contributed by atoms with van der Waals surface area (Å²) in [6.07, 6.45) is 6.82. The van der Waals surface area contributed by atoms with Gasteiger partial charge in [-0.1, -0.05) is 33.3 Å².